The van der Waals surface area contributed by atoms with E-state index in [1.54, 1.807) is 23.5 Å². The molecule has 0 aliphatic rings. The molecule has 1 heterocycles. The van der Waals surface area contributed by atoms with E-state index in [9.17, 15) is 0 Å². The molecule has 0 atom stereocenters. The van der Waals surface area contributed by atoms with Gasteiger partial charge in [0.1, 0.15) is 0 Å². The second-order valence-corrected chi connectivity index (χ2v) is 6.67. The first-order valence-electron chi connectivity index (χ1n) is 5.36. The number of rotatable bonds is 2. The molecule has 0 aliphatic carbocycles. The molecule has 0 N–H and O–H groups in total. The van der Waals surface area contributed by atoms with Crippen LogP contribution in [-0.4, -0.2) is 12.5 Å². The predicted octanol–water partition coefficient (Wildman–Crippen LogP) is 5.50. The van der Waals surface area contributed by atoms with Crippen molar-refractivity contribution in [1.82, 2.24) is 0 Å². The first-order valence-corrected chi connectivity index (χ1v) is 8.63. The van der Waals surface area contributed by atoms with Gasteiger partial charge in [0.2, 0.25) is 0 Å². The van der Waals surface area contributed by atoms with E-state index in [0.717, 1.165) is 0 Å². The van der Waals surface area contributed by atoms with E-state index < -0.39 is 0 Å². The van der Waals surface area contributed by atoms with Gasteiger partial charge in [0.15, 0.2) is 0 Å². The highest BCUT2D eigenvalue weighted by Gasteiger charge is 2.06. The fourth-order valence-electron chi connectivity index (χ4n) is 1.99. The third-order valence-corrected chi connectivity index (χ3v) is 5.45. The lowest BCUT2D eigenvalue weighted by Crippen LogP contribution is -1.70. The summed E-state index contributed by atoms with van der Waals surface area (Å²) in [6.45, 7) is 0. The lowest BCUT2D eigenvalue weighted by atomic mass is 10.1. The van der Waals surface area contributed by atoms with Gasteiger partial charge in [-0.2, -0.15) is 0 Å². The van der Waals surface area contributed by atoms with E-state index in [-0.39, 0.29) is 0 Å². The minimum atomic E-state index is 1.34. The summed E-state index contributed by atoms with van der Waals surface area (Å²) in [5, 5.41) is 2.77. The lowest BCUT2D eigenvalue weighted by molar-refractivity contribution is 1.52. The topological polar surface area (TPSA) is 0 Å². The quantitative estimate of drug-likeness (QED) is 0.567. The Hall–Kier alpha value is -0.640. The number of hydrogen-bond acceptors (Lipinski definition) is 3. The van der Waals surface area contributed by atoms with E-state index in [1.165, 1.54) is 30.0 Å². The van der Waals surface area contributed by atoms with Crippen LogP contribution in [0.2, 0.25) is 0 Å². The number of fused-ring (bicyclic) bond motifs is 3. The van der Waals surface area contributed by atoms with Gasteiger partial charge < -0.3 is 0 Å². The van der Waals surface area contributed by atoms with Crippen LogP contribution in [0.4, 0.5) is 0 Å². The summed E-state index contributed by atoms with van der Waals surface area (Å²) in [6, 6.07) is 13.5. The van der Waals surface area contributed by atoms with Crippen LogP contribution in [0, 0.1) is 0 Å². The van der Waals surface area contributed by atoms with Gasteiger partial charge in [0, 0.05) is 30.0 Å². The molecule has 0 bridgehead atoms. The monoisotopic (exact) mass is 276 g/mol. The Bertz CT molecular complexity index is 624. The highest BCUT2D eigenvalue weighted by atomic mass is 32.2. The minimum Gasteiger partial charge on any atom is -0.135 e. The van der Waals surface area contributed by atoms with Gasteiger partial charge in [0.05, 0.1) is 0 Å². The Morgan fingerprint density at radius 2 is 1.24 bits per heavy atom. The molecule has 86 valence electrons. The first-order chi connectivity index (χ1) is 8.31. The van der Waals surface area contributed by atoms with Crippen molar-refractivity contribution in [3.8, 4) is 0 Å². The van der Waals surface area contributed by atoms with E-state index in [0.29, 0.717) is 0 Å². The van der Waals surface area contributed by atoms with Crippen LogP contribution in [0.5, 0.6) is 0 Å². The Balaban J connectivity index is 2.32. The third kappa shape index (κ3) is 1.96. The third-order valence-electron chi connectivity index (χ3n) is 2.89. The highest BCUT2D eigenvalue weighted by molar-refractivity contribution is 7.98. The molecule has 0 spiro atoms. The summed E-state index contributed by atoms with van der Waals surface area (Å²) in [5.41, 5.74) is 0. The SMILES string of the molecule is CSc1ccc2c(c1)sc1cc(SC)ccc12. The molecule has 0 saturated carbocycles. The maximum absolute atomic E-state index is 2.30. The molecule has 0 saturated heterocycles. The number of hydrogen-bond donors (Lipinski definition) is 0. The number of thioether (sulfide) groups is 2. The van der Waals surface area contributed by atoms with Crippen LogP contribution in [-0.2, 0) is 0 Å². The van der Waals surface area contributed by atoms with E-state index >= 15 is 0 Å². The van der Waals surface area contributed by atoms with Crippen LogP contribution in [0.25, 0.3) is 20.2 Å². The normalized spacial score (nSPS) is 11.4. The number of benzene rings is 2. The van der Waals surface area contributed by atoms with Crippen LogP contribution >= 0.6 is 34.9 Å². The zero-order chi connectivity index (χ0) is 11.8. The molecule has 2 aromatic carbocycles. The Labute approximate surface area is 113 Å². The highest BCUT2D eigenvalue weighted by Crippen LogP contribution is 2.37. The van der Waals surface area contributed by atoms with Crippen molar-refractivity contribution in [2.75, 3.05) is 12.5 Å². The van der Waals surface area contributed by atoms with Gasteiger partial charge in [-0.1, -0.05) is 12.1 Å². The zero-order valence-corrected chi connectivity index (χ0v) is 12.1. The minimum absolute atomic E-state index is 1.34. The standard InChI is InChI=1S/C14H12S3/c1-15-9-3-5-11-12-6-4-10(16-2)8-14(12)17-13(11)7-9/h3-8H,1-2H3. The lowest BCUT2D eigenvalue weighted by Gasteiger charge is -1.97. The second kappa shape index (κ2) is 4.56. The summed E-state index contributed by atoms with van der Waals surface area (Å²) < 4.78 is 2.79. The van der Waals surface area contributed by atoms with Gasteiger partial charge in [-0.05, 0) is 36.8 Å². The van der Waals surface area contributed by atoms with Gasteiger partial charge in [-0.3, -0.25) is 0 Å². The van der Waals surface area contributed by atoms with Crippen molar-refractivity contribution in [1.29, 1.82) is 0 Å². The Morgan fingerprint density at radius 3 is 1.65 bits per heavy atom. The van der Waals surface area contributed by atoms with Crippen molar-refractivity contribution >= 4 is 55.0 Å². The fourth-order valence-corrected chi connectivity index (χ4v) is 4.21. The molecular weight excluding hydrogens is 264 g/mol. The molecule has 17 heavy (non-hydrogen) atoms. The summed E-state index contributed by atoms with van der Waals surface area (Å²) in [4.78, 5) is 2.68. The fraction of sp³-hybridized carbons (Fsp3) is 0.143. The van der Waals surface area contributed by atoms with Gasteiger partial charge in [-0.15, -0.1) is 34.9 Å². The van der Waals surface area contributed by atoms with Crippen molar-refractivity contribution < 1.29 is 0 Å². The van der Waals surface area contributed by atoms with Crippen LogP contribution in [0.1, 0.15) is 0 Å². The first kappa shape index (κ1) is 11.5. The van der Waals surface area contributed by atoms with Crippen molar-refractivity contribution in [3.63, 3.8) is 0 Å². The largest absolute Gasteiger partial charge is 0.135 e. The summed E-state index contributed by atoms with van der Waals surface area (Å²) in [6.07, 6.45) is 4.25. The van der Waals surface area contributed by atoms with Crippen molar-refractivity contribution in [2.24, 2.45) is 0 Å². The number of thiophene rings is 1. The van der Waals surface area contributed by atoms with Gasteiger partial charge in [0.25, 0.3) is 0 Å². The molecule has 0 radical (unpaired) electrons. The van der Waals surface area contributed by atoms with Crippen LogP contribution in [0.3, 0.4) is 0 Å². The average Bonchev–Trinajstić information content (AvgIpc) is 2.74. The van der Waals surface area contributed by atoms with Crippen molar-refractivity contribution in [3.05, 3.63) is 36.4 Å². The molecule has 1 aromatic heterocycles. The molecule has 3 heteroatoms. The Morgan fingerprint density at radius 1 is 0.765 bits per heavy atom. The maximum atomic E-state index is 2.30. The summed E-state index contributed by atoms with van der Waals surface area (Å²) in [7, 11) is 0. The molecule has 3 aromatic rings. The molecular formula is C14H12S3. The molecule has 0 unspecified atom stereocenters. The molecule has 0 amide bonds. The molecule has 0 aliphatic heterocycles. The molecule has 0 fully saturated rings. The van der Waals surface area contributed by atoms with Crippen LogP contribution in [0.15, 0.2) is 46.2 Å². The van der Waals surface area contributed by atoms with Gasteiger partial charge in [-0.25, -0.2) is 0 Å². The predicted molar refractivity (Wildman–Crippen MR) is 82.9 cm³/mol. The molecule has 0 nitrogen and oxygen atoms in total. The molecule has 3 rings (SSSR count). The van der Waals surface area contributed by atoms with E-state index in [4.69, 9.17) is 0 Å². The maximum Gasteiger partial charge on any atom is 0.0366 e. The Kier molecular flexibility index (Phi) is 3.07. The average molecular weight is 276 g/mol. The van der Waals surface area contributed by atoms with Crippen LogP contribution < -0.4 is 0 Å². The van der Waals surface area contributed by atoms with E-state index in [1.807, 2.05) is 11.3 Å². The zero-order valence-electron chi connectivity index (χ0n) is 9.69. The van der Waals surface area contributed by atoms with Crippen molar-refractivity contribution in [2.45, 2.75) is 9.79 Å². The second-order valence-electron chi connectivity index (χ2n) is 3.83. The van der Waals surface area contributed by atoms with E-state index in [2.05, 4.69) is 48.9 Å². The smallest absolute Gasteiger partial charge is 0.0366 e. The van der Waals surface area contributed by atoms with Gasteiger partial charge >= 0.3 is 0 Å². The summed E-state index contributed by atoms with van der Waals surface area (Å²) in [5.74, 6) is 0. The summed E-state index contributed by atoms with van der Waals surface area (Å²) >= 11 is 5.50.